The number of nitrogens with two attached hydrogens (primary N) is 1. The van der Waals surface area contributed by atoms with Gasteiger partial charge < -0.3 is 20.1 Å². The summed E-state index contributed by atoms with van der Waals surface area (Å²) in [4.78, 5) is 36.5. The SMILES string of the molecule is COCCCn1c(NC(=O)c2cccc(N)c2)nc2ccc(C(=O)N3CCOCC3)nc21. The third kappa shape index (κ3) is 4.71. The van der Waals surface area contributed by atoms with Crippen LogP contribution in [0.25, 0.3) is 11.2 Å². The molecule has 0 radical (unpaired) electrons. The number of benzene rings is 1. The summed E-state index contributed by atoms with van der Waals surface area (Å²) < 4.78 is 12.3. The van der Waals surface area contributed by atoms with Crippen LogP contribution in [-0.4, -0.2) is 71.3 Å². The first-order chi connectivity index (χ1) is 15.6. The number of nitrogens with zero attached hydrogens (tertiary/aromatic N) is 4. The molecule has 1 aromatic carbocycles. The predicted molar refractivity (Wildman–Crippen MR) is 120 cm³/mol. The van der Waals surface area contributed by atoms with E-state index in [1.807, 2.05) is 0 Å². The van der Waals surface area contributed by atoms with E-state index in [-0.39, 0.29) is 11.8 Å². The van der Waals surface area contributed by atoms with E-state index in [0.717, 1.165) is 0 Å². The molecule has 10 nitrogen and oxygen atoms in total. The Morgan fingerprint density at radius 3 is 2.75 bits per heavy atom. The Bertz CT molecular complexity index is 1120. The molecule has 32 heavy (non-hydrogen) atoms. The number of anilines is 2. The Labute approximate surface area is 185 Å². The summed E-state index contributed by atoms with van der Waals surface area (Å²) in [6, 6.07) is 10.1. The second kappa shape index (κ2) is 9.75. The molecule has 1 aliphatic heterocycles. The summed E-state index contributed by atoms with van der Waals surface area (Å²) in [5.41, 5.74) is 8.18. The van der Waals surface area contributed by atoms with Crippen molar-refractivity contribution in [2.75, 3.05) is 51.1 Å². The monoisotopic (exact) mass is 438 g/mol. The highest BCUT2D eigenvalue weighted by Crippen LogP contribution is 2.21. The van der Waals surface area contributed by atoms with Crippen molar-refractivity contribution >= 4 is 34.6 Å². The largest absolute Gasteiger partial charge is 0.399 e. The number of rotatable bonds is 7. The molecule has 0 aliphatic carbocycles. The first-order valence-electron chi connectivity index (χ1n) is 10.5. The fourth-order valence-electron chi connectivity index (χ4n) is 3.58. The standard InChI is InChI=1S/C22H26N6O4/c1-31-11-3-8-28-19-17(6-7-18(24-19)21(30)27-9-12-32-13-10-27)25-22(28)26-20(29)15-4-2-5-16(23)14-15/h2,4-7,14H,3,8-13,23H2,1H3,(H,25,26,29). The second-order valence-corrected chi connectivity index (χ2v) is 7.46. The average Bonchev–Trinajstić information content (AvgIpc) is 3.15. The van der Waals surface area contributed by atoms with Gasteiger partial charge in [0.25, 0.3) is 11.8 Å². The predicted octanol–water partition coefficient (Wildman–Crippen LogP) is 1.77. The van der Waals surface area contributed by atoms with E-state index in [9.17, 15) is 9.59 Å². The van der Waals surface area contributed by atoms with Gasteiger partial charge in [-0.05, 0) is 36.8 Å². The Balaban J connectivity index is 1.66. The number of fused-ring (bicyclic) bond motifs is 1. The van der Waals surface area contributed by atoms with Crippen molar-refractivity contribution in [2.45, 2.75) is 13.0 Å². The lowest BCUT2D eigenvalue weighted by atomic mass is 10.2. The van der Waals surface area contributed by atoms with E-state index in [1.54, 1.807) is 53.0 Å². The van der Waals surface area contributed by atoms with E-state index in [2.05, 4.69) is 15.3 Å². The lowest BCUT2D eigenvalue weighted by molar-refractivity contribution is 0.0299. The van der Waals surface area contributed by atoms with Crippen LogP contribution in [0.15, 0.2) is 36.4 Å². The molecule has 3 heterocycles. The van der Waals surface area contributed by atoms with Gasteiger partial charge in [0.05, 0.1) is 13.2 Å². The molecule has 1 fully saturated rings. The molecule has 0 saturated carbocycles. The molecule has 0 unspecified atom stereocenters. The van der Waals surface area contributed by atoms with Crippen molar-refractivity contribution in [3.8, 4) is 0 Å². The van der Waals surface area contributed by atoms with E-state index >= 15 is 0 Å². The summed E-state index contributed by atoms with van der Waals surface area (Å²) in [6.07, 6.45) is 0.687. The molecule has 1 saturated heterocycles. The van der Waals surface area contributed by atoms with Crippen LogP contribution in [0.1, 0.15) is 27.3 Å². The van der Waals surface area contributed by atoms with Crippen LogP contribution >= 0.6 is 0 Å². The second-order valence-electron chi connectivity index (χ2n) is 7.46. The topological polar surface area (TPSA) is 125 Å². The quantitative estimate of drug-likeness (QED) is 0.425. The van der Waals surface area contributed by atoms with Crippen molar-refractivity contribution in [1.82, 2.24) is 19.4 Å². The van der Waals surface area contributed by atoms with Crippen molar-refractivity contribution in [3.05, 3.63) is 47.7 Å². The molecule has 2 aromatic heterocycles. The van der Waals surface area contributed by atoms with Gasteiger partial charge in [0.2, 0.25) is 5.95 Å². The molecule has 3 aromatic rings. The number of carbonyl (C=O) groups excluding carboxylic acids is 2. The van der Waals surface area contributed by atoms with Crippen LogP contribution < -0.4 is 11.1 Å². The number of pyridine rings is 1. The van der Waals surface area contributed by atoms with Crippen molar-refractivity contribution in [1.29, 1.82) is 0 Å². The van der Waals surface area contributed by atoms with Crippen molar-refractivity contribution < 1.29 is 19.1 Å². The first kappa shape index (κ1) is 21.7. The van der Waals surface area contributed by atoms with Gasteiger partial charge in [0.1, 0.15) is 11.2 Å². The van der Waals surface area contributed by atoms with Crippen LogP contribution in [0.4, 0.5) is 11.6 Å². The van der Waals surface area contributed by atoms with E-state index in [4.69, 9.17) is 15.2 Å². The van der Waals surface area contributed by atoms with E-state index in [1.165, 1.54) is 0 Å². The van der Waals surface area contributed by atoms with Crippen LogP contribution in [0, 0.1) is 0 Å². The highest BCUT2D eigenvalue weighted by Gasteiger charge is 2.22. The molecule has 168 valence electrons. The number of nitrogens with one attached hydrogen (secondary N) is 1. The fourth-order valence-corrected chi connectivity index (χ4v) is 3.58. The Kier molecular flexibility index (Phi) is 6.62. The highest BCUT2D eigenvalue weighted by atomic mass is 16.5. The van der Waals surface area contributed by atoms with Gasteiger partial charge in [0.15, 0.2) is 5.65 Å². The number of amides is 2. The molecule has 3 N–H and O–H groups in total. The molecule has 0 spiro atoms. The Hall–Kier alpha value is -3.50. The average molecular weight is 438 g/mol. The number of hydrogen-bond acceptors (Lipinski definition) is 7. The normalized spacial score (nSPS) is 14.0. The van der Waals surface area contributed by atoms with Crippen LogP contribution in [0.3, 0.4) is 0 Å². The summed E-state index contributed by atoms with van der Waals surface area (Å²) in [5, 5.41) is 2.85. The minimum Gasteiger partial charge on any atom is -0.399 e. The van der Waals surface area contributed by atoms with Crippen LogP contribution in [0.2, 0.25) is 0 Å². The van der Waals surface area contributed by atoms with Gasteiger partial charge in [0, 0.05) is 44.6 Å². The number of aromatic nitrogens is 3. The zero-order chi connectivity index (χ0) is 22.5. The number of morpholine rings is 1. The number of ether oxygens (including phenoxy) is 2. The first-order valence-corrected chi connectivity index (χ1v) is 10.5. The Morgan fingerprint density at radius 1 is 1.19 bits per heavy atom. The van der Waals surface area contributed by atoms with Gasteiger partial charge in [-0.2, -0.15) is 0 Å². The van der Waals surface area contributed by atoms with Gasteiger partial charge in [-0.25, -0.2) is 9.97 Å². The number of hydrogen-bond donors (Lipinski definition) is 2. The number of carbonyl (C=O) groups is 2. The third-order valence-corrected chi connectivity index (χ3v) is 5.21. The van der Waals surface area contributed by atoms with Crippen LogP contribution in [0.5, 0.6) is 0 Å². The zero-order valence-electron chi connectivity index (χ0n) is 17.9. The molecule has 0 atom stereocenters. The van der Waals surface area contributed by atoms with Crippen LogP contribution in [-0.2, 0) is 16.0 Å². The molecule has 4 rings (SSSR count). The number of methoxy groups -OCH3 is 1. The minimum atomic E-state index is -0.329. The molecule has 2 amide bonds. The maximum Gasteiger partial charge on any atom is 0.272 e. The summed E-state index contributed by atoms with van der Waals surface area (Å²) in [5.74, 6) is -0.123. The lowest BCUT2D eigenvalue weighted by Crippen LogP contribution is -2.41. The van der Waals surface area contributed by atoms with Gasteiger partial charge in [-0.15, -0.1) is 0 Å². The molecule has 0 bridgehead atoms. The Morgan fingerprint density at radius 2 is 2.00 bits per heavy atom. The van der Waals surface area contributed by atoms with E-state index in [0.29, 0.717) is 79.9 Å². The number of nitrogen functional groups attached to an aromatic ring is 1. The number of imidazole rings is 1. The third-order valence-electron chi connectivity index (χ3n) is 5.21. The smallest absolute Gasteiger partial charge is 0.272 e. The summed E-state index contributed by atoms with van der Waals surface area (Å²) in [7, 11) is 1.63. The number of aryl methyl sites for hydroxylation is 1. The summed E-state index contributed by atoms with van der Waals surface area (Å²) in [6.45, 7) is 3.15. The molecular weight excluding hydrogens is 412 g/mol. The van der Waals surface area contributed by atoms with Gasteiger partial charge in [-0.3, -0.25) is 19.5 Å². The van der Waals surface area contributed by atoms with Gasteiger partial charge in [-0.1, -0.05) is 6.07 Å². The van der Waals surface area contributed by atoms with E-state index < -0.39 is 0 Å². The lowest BCUT2D eigenvalue weighted by Gasteiger charge is -2.26. The maximum absolute atomic E-state index is 12.9. The maximum atomic E-state index is 12.9. The van der Waals surface area contributed by atoms with Crippen molar-refractivity contribution in [3.63, 3.8) is 0 Å². The molecule has 10 heteroatoms. The molecular formula is C22H26N6O4. The molecule has 1 aliphatic rings. The minimum absolute atomic E-state index is 0.148. The van der Waals surface area contributed by atoms with Gasteiger partial charge >= 0.3 is 0 Å². The van der Waals surface area contributed by atoms with Crippen molar-refractivity contribution in [2.24, 2.45) is 0 Å². The fraction of sp³-hybridized carbons (Fsp3) is 0.364. The summed E-state index contributed by atoms with van der Waals surface area (Å²) >= 11 is 0. The zero-order valence-corrected chi connectivity index (χ0v) is 17.9. The highest BCUT2D eigenvalue weighted by molar-refractivity contribution is 6.04.